The number of likely N-dealkylation sites (tertiary alicyclic amines) is 1. The van der Waals surface area contributed by atoms with Crippen LogP contribution < -0.4 is 10.5 Å². The highest BCUT2D eigenvalue weighted by Gasteiger charge is 2.37. The number of halogens is 3. The molecule has 32 heavy (non-hydrogen) atoms. The zero-order valence-corrected chi connectivity index (χ0v) is 17.5. The number of anilines is 1. The van der Waals surface area contributed by atoms with E-state index in [1.54, 1.807) is 43.3 Å². The molecule has 1 amide bonds. The molecule has 0 radical (unpaired) electrons. The summed E-state index contributed by atoms with van der Waals surface area (Å²) in [4.78, 5) is 33.6. The van der Waals surface area contributed by atoms with Crippen molar-refractivity contribution in [2.45, 2.75) is 31.6 Å². The number of hydrogen-bond donors (Lipinski definition) is 0. The van der Waals surface area contributed by atoms with Crippen LogP contribution in [0.25, 0.3) is 10.9 Å². The number of rotatable bonds is 4. The van der Waals surface area contributed by atoms with Gasteiger partial charge >= 0.3 is 6.18 Å². The average molecular weight is 446 g/mol. The minimum absolute atomic E-state index is 0.0743. The summed E-state index contributed by atoms with van der Waals surface area (Å²) in [5, 5.41) is 8.07. The molecule has 1 unspecified atom stereocenters. The van der Waals surface area contributed by atoms with Gasteiger partial charge in [-0.2, -0.15) is 13.2 Å². The minimum atomic E-state index is -4.62. The van der Waals surface area contributed by atoms with Crippen LogP contribution in [0.4, 0.5) is 19.0 Å². The Bertz CT molecular complexity index is 1210. The lowest BCUT2D eigenvalue weighted by Gasteiger charge is -2.26. The predicted octanol–water partition coefficient (Wildman–Crippen LogP) is 2.79. The summed E-state index contributed by atoms with van der Waals surface area (Å²) in [5.74, 6) is 0.0238. The number of amides is 1. The third-order valence-electron chi connectivity index (χ3n) is 5.37. The molecule has 3 heterocycles. The van der Waals surface area contributed by atoms with Gasteiger partial charge in [-0.1, -0.05) is 12.1 Å². The molecule has 1 aliphatic rings. The Hall–Kier alpha value is -3.50. The van der Waals surface area contributed by atoms with Crippen LogP contribution in [-0.2, 0) is 6.54 Å². The molecular formula is C21H21F3N6O2. The highest BCUT2D eigenvalue weighted by atomic mass is 19.4. The Morgan fingerprint density at radius 1 is 1.16 bits per heavy atom. The van der Waals surface area contributed by atoms with E-state index in [1.807, 2.05) is 0 Å². The van der Waals surface area contributed by atoms with E-state index < -0.39 is 30.2 Å². The lowest BCUT2D eigenvalue weighted by atomic mass is 10.1. The van der Waals surface area contributed by atoms with Gasteiger partial charge in [-0.15, -0.1) is 10.2 Å². The van der Waals surface area contributed by atoms with Crippen LogP contribution in [0.1, 0.15) is 35.2 Å². The second-order valence-electron chi connectivity index (χ2n) is 7.82. The molecule has 4 rings (SSSR count). The summed E-state index contributed by atoms with van der Waals surface area (Å²) in [6, 6.07) is 8.63. The molecule has 1 fully saturated rings. The monoisotopic (exact) mass is 446 g/mol. The Morgan fingerprint density at radius 3 is 2.56 bits per heavy atom. The predicted molar refractivity (Wildman–Crippen MR) is 111 cm³/mol. The lowest BCUT2D eigenvalue weighted by molar-refractivity contribution is -0.141. The van der Waals surface area contributed by atoms with E-state index in [-0.39, 0.29) is 16.9 Å². The molecule has 0 bridgehead atoms. The van der Waals surface area contributed by atoms with E-state index in [0.717, 1.165) is 0 Å². The summed E-state index contributed by atoms with van der Waals surface area (Å²) >= 11 is 0. The molecule has 8 nitrogen and oxygen atoms in total. The number of hydrogen-bond acceptors (Lipinski definition) is 6. The number of fused-ring (bicyclic) bond motifs is 1. The van der Waals surface area contributed by atoms with E-state index in [1.165, 1.54) is 17.0 Å². The van der Waals surface area contributed by atoms with Gasteiger partial charge in [0.05, 0.1) is 16.9 Å². The fourth-order valence-corrected chi connectivity index (χ4v) is 3.87. The number of carbonyl (C=O) groups is 1. The van der Waals surface area contributed by atoms with Crippen LogP contribution >= 0.6 is 0 Å². The molecule has 3 aromatic rings. The van der Waals surface area contributed by atoms with E-state index in [4.69, 9.17) is 0 Å². The quantitative estimate of drug-likeness (QED) is 0.613. The lowest BCUT2D eigenvalue weighted by Crippen LogP contribution is -2.38. The first-order valence-electron chi connectivity index (χ1n) is 10.0. The van der Waals surface area contributed by atoms with Crippen molar-refractivity contribution in [3.8, 4) is 0 Å². The molecule has 11 heteroatoms. The molecular weight excluding hydrogens is 425 g/mol. The van der Waals surface area contributed by atoms with Gasteiger partial charge in [0, 0.05) is 20.6 Å². The van der Waals surface area contributed by atoms with E-state index in [0.29, 0.717) is 35.3 Å². The summed E-state index contributed by atoms with van der Waals surface area (Å²) in [6.45, 7) is -1.16. The first-order valence-corrected chi connectivity index (χ1v) is 10.0. The maximum absolute atomic E-state index is 13.3. The first kappa shape index (κ1) is 21.7. The fraction of sp³-hybridized carbons (Fsp3) is 0.381. The molecule has 0 N–H and O–H groups in total. The molecule has 0 spiro atoms. The van der Waals surface area contributed by atoms with Crippen LogP contribution in [0.5, 0.6) is 0 Å². The van der Waals surface area contributed by atoms with Gasteiger partial charge in [-0.25, -0.2) is 4.98 Å². The van der Waals surface area contributed by atoms with Gasteiger partial charge in [0.25, 0.3) is 11.5 Å². The fourth-order valence-electron chi connectivity index (χ4n) is 3.87. The number of nitrogens with zero attached hydrogens (tertiary/aromatic N) is 6. The second kappa shape index (κ2) is 8.21. The van der Waals surface area contributed by atoms with Crippen molar-refractivity contribution in [2.75, 3.05) is 25.5 Å². The smallest absolute Gasteiger partial charge is 0.361 e. The Kier molecular flexibility index (Phi) is 5.57. The van der Waals surface area contributed by atoms with Crippen LogP contribution in [0.3, 0.4) is 0 Å². The number of benzene rings is 1. The summed E-state index contributed by atoms with van der Waals surface area (Å²) in [7, 11) is 3.57. The van der Waals surface area contributed by atoms with Crippen molar-refractivity contribution in [3.05, 3.63) is 58.3 Å². The Labute approximate surface area is 181 Å². The van der Waals surface area contributed by atoms with E-state index in [2.05, 4.69) is 15.2 Å². The first-order chi connectivity index (χ1) is 15.2. The van der Waals surface area contributed by atoms with Crippen LogP contribution in [0.15, 0.2) is 41.2 Å². The van der Waals surface area contributed by atoms with Crippen molar-refractivity contribution >= 4 is 22.6 Å². The zero-order valence-electron chi connectivity index (χ0n) is 17.5. The van der Waals surface area contributed by atoms with Gasteiger partial charge in [-0.05, 0) is 37.1 Å². The molecule has 0 saturated carbocycles. The van der Waals surface area contributed by atoms with E-state index in [9.17, 15) is 22.8 Å². The Morgan fingerprint density at radius 2 is 1.91 bits per heavy atom. The normalized spacial score (nSPS) is 16.5. The van der Waals surface area contributed by atoms with Gasteiger partial charge in [0.1, 0.15) is 12.4 Å². The molecule has 1 saturated heterocycles. The Balaban J connectivity index is 1.77. The SMILES string of the molecule is CN(C)c1ccc(C(=O)N2CCCC2c2nc3ccccc3c(=O)n2CC(F)(F)F)nn1. The number of para-hydroxylation sites is 1. The van der Waals surface area contributed by atoms with E-state index >= 15 is 0 Å². The third-order valence-corrected chi connectivity index (χ3v) is 5.37. The highest BCUT2D eigenvalue weighted by molar-refractivity contribution is 5.92. The van der Waals surface area contributed by atoms with Crippen LogP contribution in [0.2, 0.25) is 0 Å². The summed E-state index contributed by atoms with van der Waals surface area (Å²) < 4.78 is 40.6. The molecule has 2 aromatic heterocycles. The largest absolute Gasteiger partial charge is 0.406 e. The van der Waals surface area contributed by atoms with Gasteiger partial charge in [-0.3, -0.25) is 14.2 Å². The van der Waals surface area contributed by atoms with Crippen molar-refractivity contribution in [1.29, 1.82) is 0 Å². The van der Waals surface area contributed by atoms with Gasteiger partial charge in [0.2, 0.25) is 0 Å². The van der Waals surface area contributed by atoms with Crippen LogP contribution in [-0.4, -0.2) is 57.4 Å². The van der Waals surface area contributed by atoms with Crippen LogP contribution in [0, 0.1) is 0 Å². The van der Waals surface area contributed by atoms with Crippen molar-refractivity contribution in [1.82, 2.24) is 24.6 Å². The summed E-state index contributed by atoms with van der Waals surface area (Å²) in [6.07, 6.45) is -3.67. The van der Waals surface area contributed by atoms with Gasteiger partial charge < -0.3 is 9.80 Å². The average Bonchev–Trinajstić information content (AvgIpc) is 3.24. The van der Waals surface area contributed by atoms with Crippen molar-refractivity contribution < 1.29 is 18.0 Å². The highest BCUT2D eigenvalue weighted by Crippen LogP contribution is 2.33. The van der Waals surface area contributed by atoms with Gasteiger partial charge in [0.15, 0.2) is 11.5 Å². The topological polar surface area (TPSA) is 84.2 Å². The number of carbonyl (C=O) groups excluding carboxylic acids is 1. The third kappa shape index (κ3) is 4.14. The number of aromatic nitrogens is 4. The second-order valence-corrected chi connectivity index (χ2v) is 7.82. The van der Waals surface area contributed by atoms with Crippen molar-refractivity contribution in [2.24, 2.45) is 0 Å². The maximum atomic E-state index is 13.3. The molecule has 168 valence electrons. The summed E-state index contributed by atoms with van der Waals surface area (Å²) in [5.41, 5.74) is -0.411. The number of alkyl halides is 3. The molecule has 1 atom stereocenters. The molecule has 1 aromatic carbocycles. The maximum Gasteiger partial charge on any atom is 0.406 e. The minimum Gasteiger partial charge on any atom is -0.361 e. The molecule has 0 aliphatic carbocycles. The van der Waals surface area contributed by atoms with Crippen molar-refractivity contribution in [3.63, 3.8) is 0 Å². The molecule has 1 aliphatic heterocycles. The zero-order chi connectivity index (χ0) is 23.0. The standard InChI is InChI=1S/C21H21F3N6O2/c1-28(2)17-10-9-15(26-27-17)20(32)29-11-5-8-16(29)18-25-14-7-4-3-6-13(14)19(31)30(18)12-21(22,23)24/h3-4,6-7,9-10,16H,5,8,11-12H2,1-2H3.